The standard InChI is InChI=1S/C20H30N2O2/c1-21(2)12-13-22(18-9-4-3-5-10-18)20(23)17-14-16-8-6-7-11-19(16)24-15-17/h6-8,11,17-18H,3-5,9-10,12-15H2,1-2H3. The Morgan fingerprint density at radius 2 is 1.88 bits per heavy atom. The van der Waals surface area contributed by atoms with Crippen molar-refractivity contribution < 1.29 is 9.53 Å². The molecule has 0 radical (unpaired) electrons. The van der Waals surface area contributed by atoms with Gasteiger partial charge in [-0.25, -0.2) is 0 Å². The van der Waals surface area contributed by atoms with Crippen molar-refractivity contribution >= 4 is 5.91 Å². The molecule has 4 nitrogen and oxygen atoms in total. The van der Waals surface area contributed by atoms with Gasteiger partial charge in [-0.15, -0.1) is 0 Å². The van der Waals surface area contributed by atoms with Crippen molar-refractivity contribution in [1.29, 1.82) is 0 Å². The van der Waals surface area contributed by atoms with Crippen LogP contribution in [-0.2, 0) is 11.2 Å². The van der Waals surface area contributed by atoms with Crippen molar-refractivity contribution in [2.24, 2.45) is 5.92 Å². The molecule has 4 heteroatoms. The number of hydrogen-bond donors (Lipinski definition) is 0. The smallest absolute Gasteiger partial charge is 0.229 e. The van der Waals surface area contributed by atoms with Crippen LogP contribution in [0.1, 0.15) is 37.7 Å². The maximum atomic E-state index is 13.2. The molecular weight excluding hydrogens is 300 g/mol. The maximum absolute atomic E-state index is 13.2. The molecule has 1 aromatic carbocycles. The first-order valence-corrected chi connectivity index (χ1v) is 9.31. The summed E-state index contributed by atoms with van der Waals surface area (Å²) in [4.78, 5) is 17.6. The summed E-state index contributed by atoms with van der Waals surface area (Å²) in [5, 5.41) is 0. The molecule has 1 amide bonds. The fourth-order valence-corrected chi connectivity index (χ4v) is 3.89. The van der Waals surface area contributed by atoms with Crippen LogP contribution >= 0.6 is 0 Å². The summed E-state index contributed by atoms with van der Waals surface area (Å²) in [5.74, 6) is 1.20. The van der Waals surface area contributed by atoms with Gasteiger partial charge in [0, 0.05) is 19.1 Å². The van der Waals surface area contributed by atoms with Crippen LogP contribution in [0.25, 0.3) is 0 Å². The quantitative estimate of drug-likeness (QED) is 0.832. The molecule has 0 N–H and O–H groups in total. The second-order valence-corrected chi connectivity index (χ2v) is 7.45. The summed E-state index contributed by atoms with van der Waals surface area (Å²) in [6, 6.07) is 8.52. The predicted octanol–water partition coefficient (Wildman–Crippen LogP) is 2.96. The first kappa shape index (κ1) is 17.3. The SMILES string of the molecule is CN(C)CCN(C(=O)C1COc2ccccc2C1)C1CCCCC1. The van der Waals surface area contributed by atoms with E-state index in [-0.39, 0.29) is 5.92 Å². The largest absolute Gasteiger partial charge is 0.492 e. The number of carbonyl (C=O) groups excluding carboxylic acids is 1. The molecule has 1 saturated carbocycles. The lowest BCUT2D eigenvalue weighted by atomic mass is 9.91. The zero-order valence-electron chi connectivity index (χ0n) is 15.0. The highest BCUT2D eigenvalue weighted by Crippen LogP contribution is 2.30. The first-order valence-electron chi connectivity index (χ1n) is 9.31. The van der Waals surface area contributed by atoms with Gasteiger partial charge in [0.25, 0.3) is 0 Å². The summed E-state index contributed by atoms with van der Waals surface area (Å²) in [6.07, 6.45) is 6.93. The average Bonchev–Trinajstić information content (AvgIpc) is 2.62. The summed E-state index contributed by atoms with van der Waals surface area (Å²) < 4.78 is 5.86. The van der Waals surface area contributed by atoms with E-state index in [1.165, 1.54) is 24.8 Å². The third-order valence-electron chi connectivity index (χ3n) is 5.31. The van der Waals surface area contributed by atoms with Crippen LogP contribution in [0, 0.1) is 5.92 Å². The number of benzene rings is 1. The molecule has 2 aliphatic rings. The number of hydrogen-bond acceptors (Lipinski definition) is 3. The van der Waals surface area contributed by atoms with Crippen LogP contribution in [-0.4, -0.2) is 55.5 Å². The molecule has 3 rings (SSSR count). The van der Waals surface area contributed by atoms with E-state index in [0.717, 1.165) is 38.1 Å². The van der Waals surface area contributed by atoms with Crippen molar-refractivity contribution in [3.8, 4) is 5.75 Å². The Balaban J connectivity index is 1.70. The number of fused-ring (bicyclic) bond motifs is 1. The Morgan fingerprint density at radius 3 is 2.62 bits per heavy atom. The highest BCUT2D eigenvalue weighted by molar-refractivity contribution is 5.80. The second kappa shape index (κ2) is 8.02. The van der Waals surface area contributed by atoms with Crippen LogP contribution in [0.15, 0.2) is 24.3 Å². The molecule has 1 heterocycles. The molecule has 1 aliphatic heterocycles. The zero-order chi connectivity index (χ0) is 16.9. The predicted molar refractivity (Wildman–Crippen MR) is 96.3 cm³/mol. The Hall–Kier alpha value is -1.55. The Labute approximate surface area is 145 Å². The van der Waals surface area contributed by atoms with Gasteiger partial charge in [0.05, 0.1) is 5.92 Å². The van der Waals surface area contributed by atoms with Crippen LogP contribution in [0.3, 0.4) is 0 Å². The van der Waals surface area contributed by atoms with Crippen LogP contribution in [0.2, 0.25) is 0 Å². The van der Waals surface area contributed by atoms with E-state index in [4.69, 9.17) is 4.74 Å². The molecule has 1 aliphatic carbocycles. The average molecular weight is 330 g/mol. The number of rotatable bonds is 5. The monoisotopic (exact) mass is 330 g/mol. The van der Waals surface area contributed by atoms with E-state index in [2.05, 4.69) is 30.0 Å². The minimum atomic E-state index is -0.0380. The minimum absolute atomic E-state index is 0.0380. The molecule has 1 unspecified atom stereocenters. The van der Waals surface area contributed by atoms with Gasteiger partial charge in [-0.3, -0.25) is 4.79 Å². The van der Waals surface area contributed by atoms with Crippen LogP contribution in [0.4, 0.5) is 0 Å². The van der Waals surface area contributed by atoms with Gasteiger partial charge < -0.3 is 14.5 Å². The molecule has 0 aromatic heterocycles. The maximum Gasteiger partial charge on any atom is 0.229 e. The van der Waals surface area contributed by atoms with Gasteiger partial charge in [-0.05, 0) is 45.0 Å². The molecule has 0 saturated heterocycles. The molecule has 0 bridgehead atoms. The highest BCUT2D eigenvalue weighted by Gasteiger charge is 2.33. The third kappa shape index (κ3) is 4.10. The van der Waals surface area contributed by atoms with Crippen molar-refractivity contribution in [2.45, 2.75) is 44.6 Å². The number of amides is 1. The molecule has 1 fully saturated rings. The van der Waals surface area contributed by atoms with Crippen molar-refractivity contribution in [3.63, 3.8) is 0 Å². The number of para-hydroxylation sites is 1. The highest BCUT2D eigenvalue weighted by atomic mass is 16.5. The van der Waals surface area contributed by atoms with Gasteiger partial charge in [0.15, 0.2) is 0 Å². The van der Waals surface area contributed by atoms with Crippen LogP contribution in [0.5, 0.6) is 5.75 Å². The molecular formula is C20H30N2O2. The Bertz CT molecular complexity index is 552. The van der Waals surface area contributed by atoms with E-state index in [9.17, 15) is 4.79 Å². The van der Waals surface area contributed by atoms with Gasteiger partial charge in [0.1, 0.15) is 12.4 Å². The van der Waals surface area contributed by atoms with Gasteiger partial charge in [-0.2, -0.15) is 0 Å². The second-order valence-electron chi connectivity index (χ2n) is 7.45. The lowest BCUT2D eigenvalue weighted by Crippen LogP contribution is -2.49. The van der Waals surface area contributed by atoms with E-state index in [1.54, 1.807) is 0 Å². The van der Waals surface area contributed by atoms with E-state index in [0.29, 0.717) is 18.6 Å². The summed E-state index contributed by atoms with van der Waals surface area (Å²) >= 11 is 0. The van der Waals surface area contributed by atoms with Gasteiger partial charge in [-0.1, -0.05) is 37.5 Å². The van der Waals surface area contributed by atoms with Gasteiger partial charge >= 0.3 is 0 Å². The number of ether oxygens (including phenoxy) is 1. The molecule has 132 valence electrons. The molecule has 24 heavy (non-hydrogen) atoms. The summed E-state index contributed by atoms with van der Waals surface area (Å²) in [6.45, 7) is 2.27. The molecule has 0 spiro atoms. The number of nitrogens with zero attached hydrogens (tertiary/aromatic N) is 2. The van der Waals surface area contributed by atoms with Crippen LogP contribution < -0.4 is 4.74 Å². The van der Waals surface area contributed by atoms with Crippen molar-refractivity contribution in [1.82, 2.24) is 9.80 Å². The van der Waals surface area contributed by atoms with E-state index >= 15 is 0 Å². The topological polar surface area (TPSA) is 32.8 Å². The number of likely N-dealkylation sites (N-methyl/N-ethyl adjacent to an activating group) is 1. The lowest BCUT2D eigenvalue weighted by Gasteiger charge is -2.38. The Morgan fingerprint density at radius 1 is 1.12 bits per heavy atom. The number of carbonyl (C=O) groups is 1. The minimum Gasteiger partial charge on any atom is -0.492 e. The van der Waals surface area contributed by atoms with Crippen molar-refractivity contribution in [3.05, 3.63) is 29.8 Å². The summed E-state index contributed by atoms with van der Waals surface area (Å²) in [7, 11) is 4.15. The van der Waals surface area contributed by atoms with E-state index in [1.807, 2.05) is 18.2 Å². The Kier molecular flexibility index (Phi) is 5.77. The fourth-order valence-electron chi connectivity index (χ4n) is 3.89. The molecule has 1 atom stereocenters. The normalized spacial score (nSPS) is 21.2. The molecule has 1 aromatic rings. The first-order chi connectivity index (χ1) is 11.6. The lowest BCUT2D eigenvalue weighted by molar-refractivity contribution is -0.140. The van der Waals surface area contributed by atoms with Gasteiger partial charge in [0.2, 0.25) is 5.91 Å². The fraction of sp³-hybridized carbons (Fsp3) is 0.650. The van der Waals surface area contributed by atoms with Crippen molar-refractivity contribution in [2.75, 3.05) is 33.8 Å². The third-order valence-corrected chi connectivity index (χ3v) is 5.31. The summed E-state index contributed by atoms with van der Waals surface area (Å²) in [5.41, 5.74) is 1.17. The van der Waals surface area contributed by atoms with E-state index < -0.39 is 0 Å². The zero-order valence-corrected chi connectivity index (χ0v) is 15.0.